The van der Waals surface area contributed by atoms with Crippen LogP contribution in [-0.2, 0) is 14.3 Å². The fourth-order valence-corrected chi connectivity index (χ4v) is 3.70. The van der Waals surface area contributed by atoms with Gasteiger partial charge in [0.1, 0.15) is 17.7 Å². The van der Waals surface area contributed by atoms with Gasteiger partial charge in [0.25, 0.3) is 0 Å². The van der Waals surface area contributed by atoms with Crippen LogP contribution < -0.4 is 10.6 Å². The molecule has 7 nitrogen and oxygen atoms in total. The Morgan fingerprint density at radius 3 is 2.22 bits per heavy atom. The number of thiol groups is 1. The number of carbonyl (C=O) groups is 3. The van der Waals surface area contributed by atoms with Crippen LogP contribution in [0.25, 0.3) is 0 Å². The zero-order chi connectivity index (χ0) is 24.5. The van der Waals surface area contributed by atoms with Crippen molar-refractivity contribution >= 4 is 30.5 Å². The third-order valence-corrected chi connectivity index (χ3v) is 5.42. The number of amides is 3. The summed E-state index contributed by atoms with van der Waals surface area (Å²) >= 11 is 4.25. The maximum atomic E-state index is 13.3. The number of alkyl carbamates (subject to hydrolysis) is 1. The van der Waals surface area contributed by atoms with Gasteiger partial charge in [-0.05, 0) is 57.7 Å². The minimum absolute atomic E-state index is 0.0695. The molecule has 2 N–H and O–H groups in total. The van der Waals surface area contributed by atoms with Gasteiger partial charge >= 0.3 is 6.09 Å². The van der Waals surface area contributed by atoms with Gasteiger partial charge in [-0.15, -0.1) is 0 Å². The summed E-state index contributed by atoms with van der Waals surface area (Å²) in [6, 6.07) is 4.01. The summed E-state index contributed by atoms with van der Waals surface area (Å²) in [5.41, 5.74) is 1.92. The summed E-state index contributed by atoms with van der Waals surface area (Å²) in [6.07, 6.45) is 2.24. The summed E-state index contributed by atoms with van der Waals surface area (Å²) in [6.45, 7) is 11.7. The monoisotopic (exact) mass is 465 g/mol. The van der Waals surface area contributed by atoms with Crippen LogP contribution in [0.1, 0.15) is 69.7 Å². The first-order chi connectivity index (χ1) is 14.9. The predicted octanol–water partition coefficient (Wildman–Crippen LogP) is 3.93. The number of aryl methyl sites for hydroxylation is 2. The molecule has 1 rings (SSSR count). The third-order valence-electron chi connectivity index (χ3n) is 5.05. The molecule has 0 heterocycles. The summed E-state index contributed by atoms with van der Waals surface area (Å²) in [5, 5.41) is 5.55. The molecule has 0 aliphatic rings. The molecule has 0 saturated heterocycles. The van der Waals surface area contributed by atoms with E-state index < -0.39 is 29.7 Å². The van der Waals surface area contributed by atoms with Gasteiger partial charge < -0.3 is 20.3 Å². The first-order valence-corrected chi connectivity index (χ1v) is 11.8. The first-order valence-electron chi connectivity index (χ1n) is 11.1. The van der Waals surface area contributed by atoms with Gasteiger partial charge in [0.05, 0.1) is 0 Å². The van der Waals surface area contributed by atoms with Crippen molar-refractivity contribution in [1.82, 2.24) is 15.5 Å². The van der Waals surface area contributed by atoms with Crippen LogP contribution in [0.2, 0.25) is 0 Å². The Kier molecular flexibility index (Phi) is 11.1. The Morgan fingerprint density at radius 1 is 1.12 bits per heavy atom. The highest BCUT2D eigenvalue weighted by Gasteiger charge is 2.34. The maximum absolute atomic E-state index is 13.3. The van der Waals surface area contributed by atoms with Gasteiger partial charge in [0.15, 0.2) is 0 Å². The molecule has 0 saturated carbocycles. The fourth-order valence-electron chi connectivity index (χ4n) is 3.45. The highest BCUT2D eigenvalue weighted by molar-refractivity contribution is 7.80. The molecule has 0 bridgehead atoms. The SMILES string of the molecule is CCCCCNC(=O)C(c1c(C)cccc1C)N(C)C(=O)C(CS)NC(=O)OC(C)(C)C. The van der Waals surface area contributed by atoms with E-state index in [2.05, 4.69) is 30.2 Å². The Labute approximate surface area is 198 Å². The Bertz CT molecular complexity index is 772. The van der Waals surface area contributed by atoms with Gasteiger partial charge in [0, 0.05) is 19.3 Å². The number of unbranched alkanes of at least 4 members (excludes halogenated alkanes) is 2. The fraction of sp³-hybridized carbons (Fsp3) is 0.625. The number of nitrogens with one attached hydrogen (secondary N) is 2. The quantitative estimate of drug-likeness (QED) is 0.361. The largest absolute Gasteiger partial charge is 0.444 e. The number of ether oxygens (including phenoxy) is 1. The van der Waals surface area contributed by atoms with Crippen LogP contribution in [0.4, 0.5) is 4.79 Å². The van der Waals surface area contributed by atoms with Crippen molar-refractivity contribution in [3.8, 4) is 0 Å². The normalized spacial score (nSPS) is 13.1. The molecule has 8 heteroatoms. The van der Waals surface area contributed by atoms with E-state index in [1.54, 1.807) is 27.8 Å². The summed E-state index contributed by atoms with van der Waals surface area (Å²) in [4.78, 5) is 40.2. The van der Waals surface area contributed by atoms with Crippen molar-refractivity contribution in [1.29, 1.82) is 0 Å². The molecule has 0 radical (unpaired) electrons. The van der Waals surface area contributed by atoms with Gasteiger partial charge in [-0.3, -0.25) is 9.59 Å². The van der Waals surface area contributed by atoms with Crippen molar-refractivity contribution in [2.24, 2.45) is 0 Å². The van der Waals surface area contributed by atoms with Gasteiger partial charge in [-0.2, -0.15) is 12.6 Å². The van der Waals surface area contributed by atoms with Crippen LogP contribution >= 0.6 is 12.6 Å². The van der Waals surface area contributed by atoms with E-state index in [0.29, 0.717) is 6.54 Å². The van der Waals surface area contributed by atoms with Gasteiger partial charge in [-0.25, -0.2) is 4.79 Å². The zero-order valence-corrected chi connectivity index (χ0v) is 21.3. The van der Waals surface area contributed by atoms with Crippen LogP contribution in [0.3, 0.4) is 0 Å². The minimum atomic E-state index is -0.933. The lowest BCUT2D eigenvalue weighted by atomic mass is 9.94. The van der Waals surface area contributed by atoms with E-state index in [-0.39, 0.29) is 11.7 Å². The van der Waals surface area contributed by atoms with Crippen LogP contribution in [-0.4, -0.2) is 53.8 Å². The van der Waals surface area contributed by atoms with E-state index >= 15 is 0 Å². The Balaban J connectivity index is 3.17. The first kappa shape index (κ1) is 27.8. The molecule has 0 fully saturated rings. The number of rotatable bonds is 10. The number of carbonyl (C=O) groups excluding carboxylic acids is 3. The van der Waals surface area contributed by atoms with Crippen molar-refractivity contribution in [3.05, 3.63) is 34.9 Å². The van der Waals surface area contributed by atoms with E-state index in [1.807, 2.05) is 32.0 Å². The second kappa shape index (κ2) is 12.7. The lowest BCUT2D eigenvalue weighted by Gasteiger charge is -2.32. The average Bonchev–Trinajstić information content (AvgIpc) is 2.69. The van der Waals surface area contributed by atoms with Crippen molar-refractivity contribution < 1.29 is 19.1 Å². The molecular formula is C24H39N3O4S. The summed E-state index contributed by atoms with van der Waals surface area (Å²) < 4.78 is 5.27. The summed E-state index contributed by atoms with van der Waals surface area (Å²) in [7, 11) is 1.58. The average molecular weight is 466 g/mol. The predicted molar refractivity (Wildman–Crippen MR) is 131 cm³/mol. The molecule has 32 heavy (non-hydrogen) atoms. The molecule has 3 amide bonds. The molecule has 0 aliphatic heterocycles. The molecule has 1 aromatic carbocycles. The van der Waals surface area contributed by atoms with E-state index in [1.165, 1.54) is 4.90 Å². The van der Waals surface area contributed by atoms with Gasteiger partial charge in [-0.1, -0.05) is 38.0 Å². The van der Waals surface area contributed by atoms with Crippen molar-refractivity contribution in [2.45, 2.75) is 78.5 Å². The standard InChI is InChI=1S/C24H39N3O4S/c1-8-9-10-14-25-21(28)20(19-16(2)12-11-13-17(19)3)27(7)22(29)18(15-32)26-23(30)31-24(4,5)6/h11-13,18,20,32H,8-10,14-15H2,1-7H3,(H,25,28)(H,26,30). The molecular weight excluding hydrogens is 426 g/mol. The van der Waals surface area contributed by atoms with E-state index in [9.17, 15) is 14.4 Å². The smallest absolute Gasteiger partial charge is 0.408 e. The maximum Gasteiger partial charge on any atom is 0.408 e. The van der Waals surface area contributed by atoms with Gasteiger partial charge in [0.2, 0.25) is 11.8 Å². The Morgan fingerprint density at radius 2 is 1.72 bits per heavy atom. The highest BCUT2D eigenvalue weighted by atomic mass is 32.1. The second-order valence-electron chi connectivity index (χ2n) is 9.04. The lowest BCUT2D eigenvalue weighted by Crippen LogP contribution is -2.52. The van der Waals surface area contributed by atoms with Crippen molar-refractivity contribution in [2.75, 3.05) is 19.3 Å². The van der Waals surface area contributed by atoms with Crippen LogP contribution in [0.5, 0.6) is 0 Å². The van der Waals surface area contributed by atoms with Crippen LogP contribution in [0, 0.1) is 13.8 Å². The third kappa shape index (κ3) is 8.37. The molecule has 0 aromatic heterocycles. The topological polar surface area (TPSA) is 87.7 Å². The zero-order valence-electron chi connectivity index (χ0n) is 20.4. The van der Waals surface area contributed by atoms with Crippen LogP contribution in [0.15, 0.2) is 18.2 Å². The molecule has 180 valence electrons. The molecule has 2 atom stereocenters. The summed E-state index contributed by atoms with van der Waals surface area (Å²) in [5.74, 6) is -0.591. The number of benzene rings is 1. The molecule has 2 unspecified atom stereocenters. The lowest BCUT2D eigenvalue weighted by molar-refractivity contribution is -0.140. The van der Waals surface area contributed by atoms with E-state index in [0.717, 1.165) is 36.0 Å². The molecule has 1 aromatic rings. The Hall–Kier alpha value is -2.22. The van der Waals surface area contributed by atoms with E-state index in [4.69, 9.17) is 4.74 Å². The highest BCUT2D eigenvalue weighted by Crippen LogP contribution is 2.27. The minimum Gasteiger partial charge on any atom is -0.444 e. The number of likely N-dealkylation sites (N-methyl/N-ethyl adjacent to an activating group) is 1. The molecule has 0 aliphatic carbocycles. The number of nitrogens with zero attached hydrogens (tertiary/aromatic N) is 1. The number of hydrogen-bond acceptors (Lipinski definition) is 5. The number of hydrogen-bond donors (Lipinski definition) is 3. The molecule has 0 spiro atoms. The second-order valence-corrected chi connectivity index (χ2v) is 9.40. The van der Waals surface area contributed by atoms with Crippen molar-refractivity contribution in [3.63, 3.8) is 0 Å².